The van der Waals surface area contributed by atoms with Crippen LogP contribution in [0.25, 0.3) is 11.0 Å². The number of hydrogen-bond donors (Lipinski definition) is 2. The summed E-state index contributed by atoms with van der Waals surface area (Å²) in [7, 11) is 0. The number of nitrogens with two attached hydrogens (primary N) is 1. The summed E-state index contributed by atoms with van der Waals surface area (Å²) in [6, 6.07) is 14.2. The summed E-state index contributed by atoms with van der Waals surface area (Å²) in [6.07, 6.45) is 0. The molecular weight excluding hydrogens is 324 g/mol. The Morgan fingerprint density at radius 3 is 2.52 bits per heavy atom. The Bertz CT molecular complexity index is 992. The number of fused-ring (bicyclic) bond motifs is 1. The molecule has 126 valence electrons. The molecule has 0 fully saturated rings. The van der Waals surface area contributed by atoms with Crippen molar-refractivity contribution in [1.82, 2.24) is 0 Å². The van der Waals surface area contributed by atoms with Crippen LogP contribution in [0.5, 0.6) is 5.75 Å². The standard InChI is InChI=1S/C18H14N2O5/c19-17(22)10-24-12-7-5-11(6-8-12)20-18(23)16-9-14(21)13-3-1-2-4-15(13)25-16/h1-9H,10H2,(H2,19,22)(H,20,23). The van der Waals surface area contributed by atoms with Gasteiger partial charge in [0, 0.05) is 11.8 Å². The van der Waals surface area contributed by atoms with Crippen LogP contribution in [0, 0.1) is 0 Å². The van der Waals surface area contributed by atoms with E-state index in [0.717, 1.165) is 6.07 Å². The van der Waals surface area contributed by atoms with Gasteiger partial charge in [-0.25, -0.2) is 0 Å². The molecule has 0 spiro atoms. The van der Waals surface area contributed by atoms with Crippen LogP contribution in [0.2, 0.25) is 0 Å². The molecular formula is C18H14N2O5. The molecule has 0 radical (unpaired) electrons. The van der Waals surface area contributed by atoms with Crippen molar-refractivity contribution in [2.75, 3.05) is 11.9 Å². The SMILES string of the molecule is NC(=O)COc1ccc(NC(=O)c2cc(=O)c3ccccc3o2)cc1. The lowest BCUT2D eigenvalue weighted by Crippen LogP contribution is -2.20. The third kappa shape index (κ3) is 3.84. The number of hydrogen-bond acceptors (Lipinski definition) is 5. The predicted octanol–water partition coefficient (Wildman–Crippen LogP) is 1.91. The highest BCUT2D eigenvalue weighted by atomic mass is 16.5. The van der Waals surface area contributed by atoms with Crippen molar-refractivity contribution in [3.63, 3.8) is 0 Å². The number of nitrogens with one attached hydrogen (secondary N) is 1. The van der Waals surface area contributed by atoms with E-state index in [-0.39, 0.29) is 17.8 Å². The van der Waals surface area contributed by atoms with Crippen LogP contribution in [-0.2, 0) is 4.79 Å². The maximum Gasteiger partial charge on any atom is 0.291 e. The minimum Gasteiger partial charge on any atom is -0.484 e. The van der Waals surface area contributed by atoms with Gasteiger partial charge < -0.3 is 20.2 Å². The number of anilines is 1. The minimum atomic E-state index is -0.580. The average molecular weight is 338 g/mol. The molecule has 2 aromatic carbocycles. The number of benzene rings is 2. The Morgan fingerprint density at radius 2 is 1.80 bits per heavy atom. The van der Waals surface area contributed by atoms with Gasteiger partial charge in [-0.2, -0.15) is 0 Å². The number of para-hydroxylation sites is 1. The quantitative estimate of drug-likeness (QED) is 0.738. The lowest BCUT2D eigenvalue weighted by atomic mass is 10.2. The molecule has 0 saturated heterocycles. The molecule has 0 aliphatic carbocycles. The molecule has 0 atom stereocenters. The third-order valence-electron chi connectivity index (χ3n) is 3.35. The van der Waals surface area contributed by atoms with E-state index in [0.29, 0.717) is 22.4 Å². The van der Waals surface area contributed by atoms with E-state index < -0.39 is 11.8 Å². The van der Waals surface area contributed by atoms with Crippen molar-refractivity contribution >= 4 is 28.5 Å². The topological polar surface area (TPSA) is 112 Å². The van der Waals surface area contributed by atoms with E-state index >= 15 is 0 Å². The zero-order valence-electron chi connectivity index (χ0n) is 13.0. The molecule has 3 aromatic rings. The molecule has 3 N–H and O–H groups in total. The van der Waals surface area contributed by atoms with Crippen LogP contribution in [0.3, 0.4) is 0 Å². The van der Waals surface area contributed by atoms with Crippen LogP contribution in [0.15, 0.2) is 63.8 Å². The fourth-order valence-electron chi connectivity index (χ4n) is 2.20. The van der Waals surface area contributed by atoms with Crippen molar-refractivity contribution < 1.29 is 18.7 Å². The second-order valence-corrected chi connectivity index (χ2v) is 5.20. The van der Waals surface area contributed by atoms with E-state index in [4.69, 9.17) is 14.9 Å². The van der Waals surface area contributed by atoms with Gasteiger partial charge in [-0.3, -0.25) is 14.4 Å². The van der Waals surface area contributed by atoms with E-state index in [2.05, 4.69) is 5.32 Å². The van der Waals surface area contributed by atoms with Crippen molar-refractivity contribution in [3.8, 4) is 5.75 Å². The zero-order chi connectivity index (χ0) is 17.8. The maximum atomic E-state index is 12.3. The summed E-state index contributed by atoms with van der Waals surface area (Å²) >= 11 is 0. The van der Waals surface area contributed by atoms with E-state index in [1.165, 1.54) is 0 Å². The van der Waals surface area contributed by atoms with E-state index in [9.17, 15) is 14.4 Å². The fraction of sp³-hybridized carbons (Fsp3) is 0.0556. The Balaban J connectivity index is 1.76. The third-order valence-corrected chi connectivity index (χ3v) is 3.35. The largest absolute Gasteiger partial charge is 0.484 e. The van der Waals surface area contributed by atoms with Gasteiger partial charge in [0.2, 0.25) is 0 Å². The van der Waals surface area contributed by atoms with Gasteiger partial charge in [-0.1, -0.05) is 12.1 Å². The molecule has 0 aliphatic rings. The molecule has 0 bridgehead atoms. The highest BCUT2D eigenvalue weighted by Crippen LogP contribution is 2.17. The first-order chi connectivity index (χ1) is 12.0. The molecule has 7 nitrogen and oxygen atoms in total. The Hall–Kier alpha value is -3.61. The fourth-order valence-corrected chi connectivity index (χ4v) is 2.20. The van der Waals surface area contributed by atoms with Gasteiger partial charge >= 0.3 is 0 Å². The second kappa shape index (κ2) is 6.88. The van der Waals surface area contributed by atoms with Crippen molar-refractivity contribution in [2.24, 2.45) is 5.73 Å². The van der Waals surface area contributed by atoms with Gasteiger partial charge in [0.1, 0.15) is 11.3 Å². The molecule has 25 heavy (non-hydrogen) atoms. The second-order valence-electron chi connectivity index (χ2n) is 5.20. The van der Waals surface area contributed by atoms with Gasteiger partial charge in [0.25, 0.3) is 11.8 Å². The molecule has 0 unspecified atom stereocenters. The number of ether oxygens (including phenoxy) is 1. The first kappa shape index (κ1) is 16.3. The zero-order valence-corrected chi connectivity index (χ0v) is 13.0. The molecule has 1 heterocycles. The lowest BCUT2D eigenvalue weighted by molar-refractivity contribution is -0.119. The minimum absolute atomic E-state index is 0.0854. The van der Waals surface area contributed by atoms with Crippen LogP contribution in [0.1, 0.15) is 10.6 Å². The highest BCUT2D eigenvalue weighted by molar-refractivity contribution is 6.03. The van der Waals surface area contributed by atoms with Gasteiger partial charge in [0.15, 0.2) is 17.8 Å². The van der Waals surface area contributed by atoms with Crippen molar-refractivity contribution in [3.05, 3.63) is 70.6 Å². The molecule has 7 heteroatoms. The predicted molar refractivity (Wildman–Crippen MR) is 91.6 cm³/mol. The smallest absolute Gasteiger partial charge is 0.291 e. The first-order valence-electron chi connectivity index (χ1n) is 7.38. The molecule has 2 amide bonds. The molecule has 0 saturated carbocycles. The van der Waals surface area contributed by atoms with Gasteiger partial charge in [-0.05, 0) is 36.4 Å². The van der Waals surface area contributed by atoms with Crippen molar-refractivity contribution in [2.45, 2.75) is 0 Å². The number of primary amides is 1. The summed E-state index contributed by atoms with van der Waals surface area (Å²) in [4.78, 5) is 35.0. The Labute approximate surface area is 142 Å². The Morgan fingerprint density at radius 1 is 1.08 bits per heavy atom. The lowest BCUT2D eigenvalue weighted by Gasteiger charge is -2.07. The molecule has 3 rings (SSSR count). The Kier molecular flexibility index (Phi) is 4.47. The van der Waals surface area contributed by atoms with E-state index in [1.807, 2.05) is 0 Å². The van der Waals surface area contributed by atoms with Gasteiger partial charge in [0.05, 0.1) is 5.39 Å². The summed E-state index contributed by atoms with van der Waals surface area (Å²) in [5, 5.41) is 3.04. The summed E-state index contributed by atoms with van der Waals surface area (Å²) in [6.45, 7) is -0.228. The number of carbonyl (C=O) groups excluding carboxylic acids is 2. The van der Waals surface area contributed by atoms with E-state index in [1.54, 1.807) is 48.5 Å². The highest BCUT2D eigenvalue weighted by Gasteiger charge is 2.12. The molecule has 1 aromatic heterocycles. The normalized spacial score (nSPS) is 10.4. The summed E-state index contributed by atoms with van der Waals surface area (Å²) in [5.74, 6) is -0.774. The van der Waals surface area contributed by atoms with Crippen molar-refractivity contribution in [1.29, 1.82) is 0 Å². The van der Waals surface area contributed by atoms with Crippen LogP contribution >= 0.6 is 0 Å². The summed E-state index contributed by atoms with van der Waals surface area (Å²) < 4.78 is 10.6. The number of amides is 2. The first-order valence-corrected chi connectivity index (χ1v) is 7.38. The number of carbonyl (C=O) groups is 2. The molecule has 0 aliphatic heterocycles. The average Bonchev–Trinajstić information content (AvgIpc) is 2.61. The van der Waals surface area contributed by atoms with Crippen LogP contribution in [-0.4, -0.2) is 18.4 Å². The number of rotatable bonds is 5. The van der Waals surface area contributed by atoms with Crippen LogP contribution < -0.4 is 21.2 Å². The maximum absolute atomic E-state index is 12.3. The van der Waals surface area contributed by atoms with Gasteiger partial charge in [-0.15, -0.1) is 0 Å². The monoisotopic (exact) mass is 338 g/mol. The van der Waals surface area contributed by atoms with Crippen LogP contribution in [0.4, 0.5) is 5.69 Å². The summed E-state index contributed by atoms with van der Waals surface area (Å²) in [5.41, 5.74) is 5.53.